The first-order valence-corrected chi connectivity index (χ1v) is 10.6. The summed E-state index contributed by atoms with van der Waals surface area (Å²) < 4.78 is 65.1. The van der Waals surface area contributed by atoms with E-state index in [1.165, 1.54) is 25.2 Å². The van der Waals surface area contributed by atoms with Crippen molar-refractivity contribution in [3.8, 4) is 11.1 Å². The molecule has 3 aromatic carbocycles. The first kappa shape index (κ1) is 22.5. The molecule has 0 spiro atoms. The third-order valence-corrected chi connectivity index (χ3v) is 6.26. The quantitative estimate of drug-likeness (QED) is 0.587. The highest BCUT2D eigenvalue weighted by atomic mass is 32.2. The van der Waals surface area contributed by atoms with E-state index in [1.54, 1.807) is 43.3 Å². The normalized spacial score (nSPS) is 11.9. The SMILES string of the molecule is CNS(=O)(=O)c1cc(NC(=O)c2ccccc2-c2ccc(C(F)(F)F)cc2)ccc1C. The molecule has 0 aliphatic carbocycles. The van der Waals surface area contributed by atoms with E-state index in [9.17, 15) is 26.4 Å². The Morgan fingerprint density at radius 1 is 0.935 bits per heavy atom. The first-order chi connectivity index (χ1) is 14.5. The molecule has 0 saturated heterocycles. The van der Waals surface area contributed by atoms with E-state index >= 15 is 0 Å². The van der Waals surface area contributed by atoms with Crippen LogP contribution in [0.3, 0.4) is 0 Å². The van der Waals surface area contributed by atoms with Gasteiger partial charge in [-0.2, -0.15) is 13.2 Å². The third-order valence-electron chi connectivity index (χ3n) is 4.70. The monoisotopic (exact) mass is 448 g/mol. The van der Waals surface area contributed by atoms with E-state index in [0.717, 1.165) is 12.1 Å². The summed E-state index contributed by atoms with van der Waals surface area (Å²) in [5, 5.41) is 2.66. The molecule has 0 saturated carbocycles. The first-order valence-electron chi connectivity index (χ1n) is 9.15. The van der Waals surface area contributed by atoms with Crippen molar-refractivity contribution in [3.05, 3.63) is 83.4 Å². The summed E-state index contributed by atoms with van der Waals surface area (Å²) in [7, 11) is -2.42. The second-order valence-electron chi connectivity index (χ2n) is 6.76. The fraction of sp³-hybridized carbons (Fsp3) is 0.136. The van der Waals surface area contributed by atoms with Crippen LogP contribution >= 0.6 is 0 Å². The Labute approximate surface area is 178 Å². The number of carbonyl (C=O) groups is 1. The van der Waals surface area contributed by atoms with Crippen molar-refractivity contribution >= 4 is 21.6 Å². The number of halogens is 3. The minimum absolute atomic E-state index is 0.0313. The lowest BCUT2D eigenvalue weighted by Crippen LogP contribution is -2.20. The lowest BCUT2D eigenvalue weighted by atomic mass is 9.98. The van der Waals surface area contributed by atoms with Gasteiger partial charge in [0.05, 0.1) is 10.5 Å². The van der Waals surface area contributed by atoms with E-state index in [1.807, 2.05) is 0 Å². The van der Waals surface area contributed by atoms with Crippen LogP contribution in [0.1, 0.15) is 21.5 Å². The van der Waals surface area contributed by atoms with E-state index in [2.05, 4.69) is 10.0 Å². The van der Waals surface area contributed by atoms with Crippen molar-refractivity contribution in [2.24, 2.45) is 0 Å². The number of sulfonamides is 1. The van der Waals surface area contributed by atoms with E-state index in [0.29, 0.717) is 16.7 Å². The van der Waals surface area contributed by atoms with E-state index in [-0.39, 0.29) is 16.1 Å². The number of anilines is 1. The zero-order chi connectivity index (χ0) is 22.8. The lowest BCUT2D eigenvalue weighted by Gasteiger charge is -2.13. The average Bonchev–Trinajstić information content (AvgIpc) is 2.74. The molecule has 0 aliphatic rings. The number of rotatable bonds is 5. The molecule has 0 aromatic heterocycles. The highest BCUT2D eigenvalue weighted by Gasteiger charge is 2.30. The Morgan fingerprint density at radius 3 is 2.19 bits per heavy atom. The highest BCUT2D eigenvalue weighted by molar-refractivity contribution is 7.89. The average molecular weight is 448 g/mol. The summed E-state index contributed by atoms with van der Waals surface area (Å²) in [6.07, 6.45) is -4.45. The van der Waals surface area contributed by atoms with E-state index < -0.39 is 27.7 Å². The molecule has 0 fully saturated rings. The van der Waals surface area contributed by atoms with Crippen LogP contribution in [0.5, 0.6) is 0 Å². The number of benzene rings is 3. The summed E-state index contributed by atoms with van der Waals surface area (Å²) in [5.74, 6) is -0.521. The smallest absolute Gasteiger partial charge is 0.322 e. The second kappa shape index (κ2) is 8.52. The predicted molar refractivity (Wildman–Crippen MR) is 112 cm³/mol. The Kier molecular flexibility index (Phi) is 6.19. The van der Waals surface area contributed by atoms with Gasteiger partial charge in [-0.3, -0.25) is 4.79 Å². The van der Waals surface area contributed by atoms with Crippen LogP contribution in [0, 0.1) is 6.92 Å². The molecule has 0 heterocycles. The van der Waals surface area contributed by atoms with Crippen LogP contribution in [0.4, 0.5) is 18.9 Å². The molecule has 162 valence electrons. The fourth-order valence-corrected chi connectivity index (χ4v) is 4.04. The van der Waals surface area contributed by atoms with Crippen molar-refractivity contribution in [2.75, 3.05) is 12.4 Å². The number of alkyl halides is 3. The van der Waals surface area contributed by atoms with Gasteiger partial charge >= 0.3 is 6.18 Å². The fourth-order valence-electron chi connectivity index (χ4n) is 3.05. The summed E-state index contributed by atoms with van der Waals surface area (Å²) in [6.45, 7) is 1.63. The second-order valence-corrected chi connectivity index (χ2v) is 8.62. The van der Waals surface area contributed by atoms with Gasteiger partial charge < -0.3 is 5.32 Å². The number of hydrogen-bond acceptors (Lipinski definition) is 3. The molecular formula is C22H19F3N2O3S. The van der Waals surface area contributed by atoms with Crippen molar-refractivity contribution in [1.82, 2.24) is 4.72 Å². The predicted octanol–water partition coefficient (Wildman–Crippen LogP) is 4.84. The zero-order valence-corrected chi connectivity index (χ0v) is 17.4. The number of aryl methyl sites for hydroxylation is 1. The van der Waals surface area contributed by atoms with Gasteiger partial charge in [-0.1, -0.05) is 36.4 Å². The van der Waals surface area contributed by atoms with Gasteiger partial charge in [0.15, 0.2) is 0 Å². The summed E-state index contributed by atoms with van der Waals surface area (Å²) >= 11 is 0. The zero-order valence-electron chi connectivity index (χ0n) is 16.6. The van der Waals surface area contributed by atoms with Gasteiger partial charge in [-0.25, -0.2) is 13.1 Å². The minimum atomic E-state index is -4.45. The molecule has 0 unspecified atom stereocenters. The van der Waals surface area contributed by atoms with Gasteiger partial charge in [-0.05, 0) is 61.0 Å². The summed E-state index contributed by atoms with van der Waals surface area (Å²) in [4.78, 5) is 12.9. The number of hydrogen-bond donors (Lipinski definition) is 2. The van der Waals surface area contributed by atoms with Gasteiger partial charge in [-0.15, -0.1) is 0 Å². The molecule has 3 aromatic rings. The van der Waals surface area contributed by atoms with Gasteiger partial charge in [0, 0.05) is 11.3 Å². The van der Waals surface area contributed by atoms with Crippen molar-refractivity contribution in [1.29, 1.82) is 0 Å². The minimum Gasteiger partial charge on any atom is -0.322 e. The molecule has 2 N–H and O–H groups in total. The van der Waals surface area contributed by atoms with Crippen molar-refractivity contribution in [3.63, 3.8) is 0 Å². The van der Waals surface area contributed by atoms with Gasteiger partial charge in [0.25, 0.3) is 5.91 Å². The van der Waals surface area contributed by atoms with Crippen molar-refractivity contribution in [2.45, 2.75) is 18.0 Å². The molecular weight excluding hydrogens is 429 g/mol. The maximum Gasteiger partial charge on any atom is 0.416 e. The lowest BCUT2D eigenvalue weighted by molar-refractivity contribution is -0.137. The molecule has 0 atom stereocenters. The highest BCUT2D eigenvalue weighted by Crippen LogP contribution is 2.32. The van der Waals surface area contributed by atoms with Crippen molar-refractivity contribution < 1.29 is 26.4 Å². The number of amides is 1. The number of nitrogens with one attached hydrogen (secondary N) is 2. The summed E-state index contributed by atoms with van der Waals surface area (Å²) in [5.41, 5.74) is 1.13. The third kappa shape index (κ3) is 4.95. The molecule has 3 rings (SSSR count). The largest absolute Gasteiger partial charge is 0.416 e. The van der Waals surface area contributed by atoms with Crippen LogP contribution in [0.15, 0.2) is 71.6 Å². The Balaban J connectivity index is 1.94. The Morgan fingerprint density at radius 2 is 1.58 bits per heavy atom. The van der Waals surface area contributed by atoms with Crippen LogP contribution in [-0.2, 0) is 16.2 Å². The molecule has 0 radical (unpaired) electrons. The molecule has 1 amide bonds. The van der Waals surface area contributed by atoms with Crippen LogP contribution in [0.2, 0.25) is 0 Å². The van der Waals surface area contributed by atoms with Gasteiger partial charge in [0.2, 0.25) is 10.0 Å². The maximum atomic E-state index is 12.9. The van der Waals surface area contributed by atoms with Crippen LogP contribution in [0.25, 0.3) is 11.1 Å². The maximum absolute atomic E-state index is 12.9. The Hall–Kier alpha value is -3.17. The van der Waals surface area contributed by atoms with Crippen LogP contribution in [-0.4, -0.2) is 21.4 Å². The summed E-state index contributed by atoms with van der Waals surface area (Å²) in [6, 6.07) is 15.5. The standard InChI is InChI=1S/C22H19F3N2O3S/c1-14-7-12-17(13-20(14)31(29,30)26-2)27-21(28)19-6-4-3-5-18(19)15-8-10-16(11-9-15)22(23,24)25/h3-13,26H,1-2H3,(H,27,28). The van der Waals surface area contributed by atoms with Gasteiger partial charge in [0.1, 0.15) is 0 Å². The molecule has 0 bridgehead atoms. The topological polar surface area (TPSA) is 75.3 Å². The Bertz CT molecular complexity index is 1220. The molecule has 31 heavy (non-hydrogen) atoms. The van der Waals surface area contributed by atoms with E-state index in [4.69, 9.17) is 0 Å². The van der Waals surface area contributed by atoms with Crippen LogP contribution < -0.4 is 10.0 Å². The molecule has 9 heteroatoms. The molecule has 0 aliphatic heterocycles. The molecule has 5 nitrogen and oxygen atoms in total. The number of carbonyl (C=O) groups excluding carboxylic acids is 1.